The average molecular weight is 1170 g/mol. The summed E-state index contributed by atoms with van der Waals surface area (Å²) in [5.74, 6) is 1.80. The van der Waals surface area contributed by atoms with Crippen molar-refractivity contribution in [1.29, 1.82) is 0 Å². The van der Waals surface area contributed by atoms with Crippen molar-refractivity contribution in [3.8, 4) is 39.4 Å². The number of aromatic nitrogens is 1. The molecule has 0 atom stereocenters. The minimum absolute atomic E-state index is 0.00268. The Kier molecular flexibility index (Phi) is 12.6. The van der Waals surface area contributed by atoms with Crippen LogP contribution in [-0.4, -0.2) is 18.0 Å². The van der Waals surface area contributed by atoms with Crippen molar-refractivity contribution in [2.45, 2.75) is 159 Å². The first-order chi connectivity index (χ1) is 42.4. The van der Waals surface area contributed by atoms with Crippen LogP contribution in [0.2, 0.25) is 0 Å². The fourth-order valence-electron chi connectivity index (χ4n) is 15.7. The monoisotopic (exact) mass is 1170 g/mol. The van der Waals surface area contributed by atoms with E-state index >= 15 is 0 Å². The smallest absolute Gasteiger partial charge is 0.256 e. The Morgan fingerprint density at radius 3 is 1.30 bits per heavy atom. The quantitative estimate of drug-likeness (QED) is 0.164. The van der Waals surface area contributed by atoms with Gasteiger partial charge >= 0.3 is 0 Å². The zero-order valence-electron chi connectivity index (χ0n) is 56.6. The topological polar surface area (TPSA) is 20.6 Å². The molecule has 1 aromatic heterocycles. The van der Waals surface area contributed by atoms with E-state index < -0.39 is 0 Å². The van der Waals surface area contributed by atoms with E-state index in [-0.39, 0.29) is 40.5 Å². The third kappa shape index (κ3) is 8.84. The molecule has 0 fully saturated rings. The number of ether oxygens (including phenoxy) is 1. The van der Waals surface area contributed by atoms with Crippen LogP contribution in [0.3, 0.4) is 0 Å². The van der Waals surface area contributed by atoms with Gasteiger partial charge in [-0.1, -0.05) is 195 Å². The predicted octanol–water partition coefficient (Wildman–Crippen LogP) is 18.9. The van der Waals surface area contributed by atoms with E-state index in [1.165, 1.54) is 138 Å². The van der Waals surface area contributed by atoms with Gasteiger partial charge in [0.15, 0.2) is 0 Å². The number of hydrogen-bond donors (Lipinski definition) is 0. The van der Waals surface area contributed by atoms with Crippen LogP contribution < -0.4 is 47.3 Å². The highest BCUT2D eigenvalue weighted by molar-refractivity contribution is 7.02. The summed E-state index contributed by atoms with van der Waals surface area (Å²) in [5.41, 5.74) is 34.6. The molecule has 0 bridgehead atoms. The maximum Gasteiger partial charge on any atom is 0.256 e. The molecular weight excluding hydrogens is 1090 g/mol. The van der Waals surface area contributed by atoms with Gasteiger partial charge in [-0.2, -0.15) is 0 Å². The summed E-state index contributed by atoms with van der Waals surface area (Å²) in [7, 11) is 0. The number of rotatable bonds is 4. The van der Waals surface area contributed by atoms with Gasteiger partial charge in [-0.3, -0.25) is 0 Å². The van der Waals surface area contributed by atoms with Gasteiger partial charge in [0.25, 0.3) is 13.4 Å². The Morgan fingerprint density at radius 1 is 0.322 bits per heavy atom. The van der Waals surface area contributed by atoms with Crippen LogP contribution in [0.15, 0.2) is 170 Å². The summed E-state index contributed by atoms with van der Waals surface area (Å²) in [5, 5.41) is 2.62. The lowest BCUT2D eigenvalue weighted by Gasteiger charge is -2.44. The third-order valence-electron chi connectivity index (χ3n) is 20.7. The SMILES string of the molecule is Cc1cccc(C)c1-c1cc2c3c(c1)N(c1ccc(C(C)(C)C)cc1)c1ccc(C(C)(C)C)cc1B3c1cc3c(cc1O2)N(c1ccc(C(C)(C)C)cc1)c1cc(-c2c(C)cccc2C)cc2c1B3c1cc(C(C)(C)C)cc3c4cc(C(C)(C)C)ccc4n-2c13. The zero-order valence-corrected chi connectivity index (χ0v) is 56.6. The third-order valence-corrected chi connectivity index (χ3v) is 20.7. The van der Waals surface area contributed by atoms with Gasteiger partial charge in [0, 0.05) is 62.2 Å². The van der Waals surface area contributed by atoms with Crippen LogP contribution in [0, 0.1) is 27.7 Å². The molecule has 4 nitrogen and oxygen atoms in total. The van der Waals surface area contributed by atoms with Crippen LogP contribution in [0.1, 0.15) is 154 Å². The molecule has 0 unspecified atom stereocenters. The Morgan fingerprint density at radius 2 is 0.756 bits per heavy atom. The normalized spacial score (nSPS) is 14.2. The average Bonchev–Trinajstić information content (AvgIpc) is 1.25. The largest absolute Gasteiger partial charge is 0.458 e. The van der Waals surface area contributed by atoms with E-state index in [4.69, 9.17) is 4.74 Å². The Hall–Kier alpha value is -8.47. The molecule has 0 radical (unpaired) electrons. The van der Waals surface area contributed by atoms with Crippen LogP contribution in [0.4, 0.5) is 34.1 Å². The Balaban J connectivity index is 1.09. The fraction of sp³-hybridized carbons (Fsp3) is 0.286. The van der Waals surface area contributed by atoms with Crippen molar-refractivity contribution in [2.24, 2.45) is 0 Å². The summed E-state index contributed by atoms with van der Waals surface area (Å²) < 4.78 is 10.5. The second kappa shape index (κ2) is 19.5. The molecule has 5 heterocycles. The van der Waals surface area contributed by atoms with Crippen LogP contribution >= 0.6 is 0 Å². The summed E-state index contributed by atoms with van der Waals surface area (Å²) in [6.07, 6.45) is 0. The second-order valence-corrected chi connectivity index (χ2v) is 32.1. The van der Waals surface area contributed by atoms with Crippen LogP contribution in [0.5, 0.6) is 11.5 Å². The number of aryl methyl sites for hydroxylation is 4. The lowest BCUT2D eigenvalue weighted by Crippen LogP contribution is -2.64. The molecule has 6 heteroatoms. The molecule has 0 N–H and O–H groups in total. The lowest BCUT2D eigenvalue weighted by molar-refractivity contribution is 0.488. The first-order valence-corrected chi connectivity index (χ1v) is 32.9. The molecule has 4 aliphatic heterocycles. The number of fused-ring (bicyclic) bond motifs is 11. The first-order valence-electron chi connectivity index (χ1n) is 32.9. The molecular formula is C84H85B2N3O. The van der Waals surface area contributed by atoms with Crippen LogP contribution in [0.25, 0.3) is 49.7 Å². The fourth-order valence-corrected chi connectivity index (χ4v) is 15.7. The first kappa shape index (κ1) is 57.9. The zero-order chi connectivity index (χ0) is 63.4. The van der Waals surface area contributed by atoms with E-state index in [0.717, 1.165) is 39.8 Å². The summed E-state index contributed by atoms with van der Waals surface area (Å²) in [4.78, 5) is 5.16. The molecule has 0 amide bonds. The minimum atomic E-state index is -0.156. The molecule has 90 heavy (non-hydrogen) atoms. The summed E-state index contributed by atoms with van der Waals surface area (Å²) in [6.45, 7) is 43.9. The van der Waals surface area contributed by atoms with Crippen molar-refractivity contribution in [1.82, 2.24) is 4.57 Å². The van der Waals surface area contributed by atoms with E-state index in [1.807, 2.05) is 0 Å². The Labute approximate surface area is 536 Å². The highest BCUT2D eigenvalue weighted by Crippen LogP contribution is 2.50. The predicted molar refractivity (Wildman–Crippen MR) is 389 cm³/mol. The molecule has 0 aliphatic carbocycles. The highest BCUT2D eigenvalue weighted by Gasteiger charge is 2.48. The number of anilines is 6. The van der Waals surface area contributed by atoms with Crippen molar-refractivity contribution >= 4 is 102 Å². The molecule has 0 spiro atoms. The molecule has 448 valence electrons. The van der Waals surface area contributed by atoms with E-state index in [1.54, 1.807) is 0 Å². The maximum absolute atomic E-state index is 7.86. The van der Waals surface area contributed by atoms with E-state index in [0.29, 0.717) is 0 Å². The molecule has 11 aromatic rings. The van der Waals surface area contributed by atoms with Gasteiger partial charge in [-0.25, -0.2) is 0 Å². The molecule has 4 aliphatic rings. The number of benzene rings is 10. The van der Waals surface area contributed by atoms with Crippen molar-refractivity contribution in [3.05, 3.63) is 220 Å². The molecule has 0 saturated carbocycles. The van der Waals surface area contributed by atoms with E-state index in [2.05, 4.69) is 316 Å². The maximum atomic E-state index is 7.86. The lowest BCUT2D eigenvalue weighted by atomic mass is 9.30. The van der Waals surface area contributed by atoms with Gasteiger partial charge < -0.3 is 19.1 Å². The van der Waals surface area contributed by atoms with Crippen molar-refractivity contribution in [2.75, 3.05) is 9.80 Å². The van der Waals surface area contributed by atoms with Crippen molar-refractivity contribution < 1.29 is 4.74 Å². The number of nitrogens with zero attached hydrogens (tertiary/aromatic N) is 3. The molecule has 15 rings (SSSR count). The summed E-state index contributed by atoms with van der Waals surface area (Å²) >= 11 is 0. The van der Waals surface area contributed by atoms with Gasteiger partial charge in [0.1, 0.15) is 11.5 Å². The van der Waals surface area contributed by atoms with E-state index in [9.17, 15) is 0 Å². The highest BCUT2D eigenvalue weighted by atomic mass is 16.5. The van der Waals surface area contributed by atoms with Crippen LogP contribution in [-0.2, 0) is 27.1 Å². The van der Waals surface area contributed by atoms with Gasteiger partial charge in [-0.05, 0) is 233 Å². The minimum Gasteiger partial charge on any atom is -0.458 e. The molecule has 10 aromatic carbocycles. The standard InChI is InChI=1S/C84H85B2N3O/c1-48-22-20-23-49(2)75(48)52-38-70-77-71(39-52)89-67-36-30-56(82(11,12)13)42-61(67)62-43-58(84(17,18)19)45-66(79(62)89)86(77)64-46-65-73(47-69(64)88(70)60-34-28-55(29-35-60)81(8,9)10)90-74-41-53(76-50(3)24-21-25-51(76)4)40-72-78(74)85(65)63-44-57(83(14,15)16)31-37-68(63)87(72)59-32-26-54(27-33-59)80(5,6)7/h20-47H,1-19H3. The van der Waals surface area contributed by atoms with Gasteiger partial charge in [0.05, 0.1) is 5.52 Å². The Bertz CT molecular complexity index is 4830. The second-order valence-electron chi connectivity index (χ2n) is 32.1. The van der Waals surface area contributed by atoms with Gasteiger partial charge in [0.2, 0.25) is 0 Å². The summed E-state index contributed by atoms with van der Waals surface area (Å²) in [6, 6.07) is 67.1. The van der Waals surface area contributed by atoms with Gasteiger partial charge in [-0.15, -0.1) is 0 Å². The molecule has 0 saturated heterocycles. The van der Waals surface area contributed by atoms with Crippen molar-refractivity contribution in [3.63, 3.8) is 0 Å². The number of hydrogen-bond acceptors (Lipinski definition) is 3.